The summed E-state index contributed by atoms with van der Waals surface area (Å²) in [4.78, 5) is 26.5. The van der Waals surface area contributed by atoms with Crippen molar-refractivity contribution in [3.8, 4) is 6.07 Å². The molecule has 0 bridgehead atoms. The van der Waals surface area contributed by atoms with Crippen LogP contribution >= 0.6 is 0 Å². The van der Waals surface area contributed by atoms with E-state index in [2.05, 4.69) is 10.3 Å². The maximum absolute atomic E-state index is 11.9. The van der Waals surface area contributed by atoms with Gasteiger partial charge in [0.15, 0.2) is 0 Å². The van der Waals surface area contributed by atoms with E-state index < -0.39 is 11.9 Å². The molecule has 2 N–H and O–H groups in total. The van der Waals surface area contributed by atoms with E-state index in [9.17, 15) is 9.59 Å². The van der Waals surface area contributed by atoms with Crippen molar-refractivity contribution in [3.63, 3.8) is 0 Å². The molecule has 19 heavy (non-hydrogen) atoms. The van der Waals surface area contributed by atoms with Crippen molar-refractivity contribution in [2.24, 2.45) is 5.92 Å². The summed E-state index contributed by atoms with van der Waals surface area (Å²) in [6.45, 7) is 0. The largest absolute Gasteiger partial charge is 0.481 e. The summed E-state index contributed by atoms with van der Waals surface area (Å²) in [6.07, 6.45) is 3.13. The van der Waals surface area contributed by atoms with Gasteiger partial charge in [-0.05, 0) is 30.9 Å². The summed E-state index contributed by atoms with van der Waals surface area (Å²) in [5.74, 6) is -1.08. The standard InChI is InChI=1S/C13H13N3O3/c14-6-8-1-4-10(15-7-8)13(19)16-11(5-12(17)18)9-2-3-9/h1,4,7,9,11H,2-3,5H2,(H,16,19)(H,17,18). The van der Waals surface area contributed by atoms with Crippen LogP contribution in [0.4, 0.5) is 0 Å². The molecule has 98 valence electrons. The van der Waals surface area contributed by atoms with Crippen molar-refractivity contribution in [2.75, 3.05) is 0 Å². The molecule has 6 heteroatoms. The third-order valence-electron chi connectivity index (χ3n) is 3.03. The Balaban J connectivity index is 2.01. The number of nitriles is 1. The van der Waals surface area contributed by atoms with Crippen molar-refractivity contribution < 1.29 is 14.7 Å². The first-order valence-electron chi connectivity index (χ1n) is 5.99. The Labute approximate surface area is 110 Å². The highest BCUT2D eigenvalue weighted by molar-refractivity contribution is 5.92. The van der Waals surface area contributed by atoms with Crippen LogP contribution in [0.15, 0.2) is 18.3 Å². The molecule has 1 aromatic rings. The van der Waals surface area contributed by atoms with Crippen molar-refractivity contribution in [2.45, 2.75) is 25.3 Å². The quantitative estimate of drug-likeness (QED) is 0.819. The molecule has 0 spiro atoms. The number of carboxylic acid groups (broad SMARTS) is 1. The van der Waals surface area contributed by atoms with Crippen molar-refractivity contribution in [3.05, 3.63) is 29.6 Å². The van der Waals surface area contributed by atoms with Crippen molar-refractivity contribution in [1.29, 1.82) is 5.26 Å². The highest BCUT2D eigenvalue weighted by Crippen LogP contribution is 2.34. The minimum Gasteiger partial charge on any atom is -0.481 e. The van der Waals surface area contributed by atoms with Gasteiger partial charge in [0.1, 0.15) is 11.8 Å². The number of carbonyl (C=O) groups excluding carboxylic acids is 1. The number of carboxylic acids is 1. The lowest BCUT2D eigenvalue weighted by atomic mass is 10.1. The second-order valence-corrected chi connectivity index (χ2v) is 4.56. The summed E-state index contributed by atoms with van der Waals surface area (Å²) >= 11 is 0. The SMILES string of the molecule is N#Cc1ccc(C(=O)NC(CC(=O)O)C2CC2)nc1. The Bertz CT molecular complexity index is 529. The average Bonchev–Trinajstić information content (AvgIpc) is 3.21. The van der Waals surface area contributed by atoms with E-state index in [4.69, 9.17) is 10.4 Å². The molecule has 2 rings (SSSR count). The fraction of sp³-hybridized carbons (Fsp3) is 0.385. The Kier molecular flexibility index (Phi) is 3.76. The number of hydrogen-bond acceptors (Lipinski definition) is 4. The molecule has 0 radical (unpaired) electrons. The van der Waals surface area contributed by atoms with Gasteiger partial charge in [-0.1, -0.05) is 0 Å². The van der Waals surface area contributed by atoms with Gasteiger partial charge in [0.2, 0.25) is 0 Å². The van der Waals surface area contributed by atoms with Crippen LogP contribution in [0.1, 0.15) is 35.3 Å². The lowest BCUT2D eigenvalue weighted by Crippen LogP contribution is -2.38. The second kappa shape index (κ2) is 5.48. The average molecular weight is 259 g/mol. The third-order valence-corrected chi connectivity index (χ3v) is 3.03. The molecule has 0 saturated heterocycles. The molecule has 0 aromatic carbocycles. The third kappa shape index (κ3) is 3.52. The van der Waals surface area contributed by atoms with E-state index in [-0.39, 0.29) is 24.1 Å². The molecule has 1 amide bonds. The van der Waals surface area contributed by atoms with Crippen LogP contribution in [0.5, 0.6) is 0 Å². The van der Waals surface area contributed by atoms with Gasteiger partial charge in [-0.25, -0.2) is 4.98 Å². The smallest absolute Gasteiger partial charge is 0.305 e. The number of aliphatic carboxylic acids is 1. The Morgan fingerprint density at radius 3 is 2.74 bits per heavy atom. The van der Waals surface area contributed by atoms with Crippen molar-refractivity contribution >= 4 is 11.9 Å². The minimum absolute atomic E-state index is 0.0767. The predicted molar refractivity (Wildman–Crippen MR) is 65.2 cm³/mol. The zero-order chi connectivity index (χ0) is 13.8. The lowest BCUT2D eigenvalue weighted by molar-refractivity contribution is -0.137. The van der Waals surface area contributed by atoms with E-state index in [1.807, 2.05) is 6.07 Å². The van der Waals surface area contributed by atoms with Crippen LogP contribution in [0, 0.1) is 17.2 Å². The maximum Gasteiger partial charge on any atom is 0.305 e. The number of carbonyl (C=O) groups is 2. The van der Waals surface area contributed by atoms with Crippen molar-refractivity contribution in [1.82, 2.24) is 10.3 Å². The maximum atomic E-state index is 11.9. The van der Waals surface area contributed by atoms with Gasteiger partial charge >= 0.3 is 5.97 Å². The second-order valence-electron chi connectivity index (χ2n) is 4.56. The monoisotopic (exact) mass is 259 g/mol. The lowest BCUT2D eigenvalue weighted by Gasteiger charge is -2.15. The summed E-state index contributed by atoms with van der Waals surface area (Å²) in [5.41, 5.74) is 0.566. The summed E-state index contributed by atoms with van der Waals surface area (Å²) in [5, 5.41) is 20.1. The molecule has 1 heterocycles. The number of amides is 1. The normalized spacial score (nSPS) is 15.3. The highest BCUT2D eigenvalue weighted by Gasteiger charge is 2.34. The van der Waals surface area contributed by atoms with Gasteiger partial charge in [-0.2, -0.15) is 5.26 Å². The Hall–Kier alpha value is -2.42. The summed E-state index contributed by atoms with van der Waals surface area (Å²) in [6, 6.07) is 4.53. The van der Waals surface area contributed by atoms with Gasteiger partial charge in [0, 0.05) is 12.2 Å². The number of rotatable bonds is 5. The van der Waals surface area contributed by atoms with Crippen LogP contribution in [-0.2, 0) is 4.79 Å². The van der Waals surface area contributed by atoms with Gasteiger partial charge < -0.3 is 10.4 Å². The van der Waals surface area contributed by atoms with E-state index in [0.29, 0.717) is 5.56 Å². The zero-order valence-corrected chi connectivity index (χ0v) is 10.2. The molecule has 1 unspecified atom stereocenters. The number of nitrogens with zero attached hydrogens (tertiary/aromatic N) is 2. The van der Waals surface area contributed by atoms with Crippen LogP contribution in [0.2, 0.25) is 0 Å². The topological polar surface area (TPSA) is 103 Å². The fourth-order valence-electron chi connectivity index (χ4n) is 1.86. The number of pyridine rings is 1. The fourth-order valence-corrected chi connectivity index (χ4v) is 1.86. The van der Waals surface area contributed by atoms with Gasteiger partial charge in [-0.15, -0.1) is 0 Å². The summed E-state index contributed by atoms with van der Waals surface area (Å²) in [7, 11) is 0. The van der Waals surface area contributed by atoms with E-state index >= 15 is 0 Å². The van der Waals surface area contributed by atoms with E-state index in [0.717, 1.165) is 12.8 Å². The molecule has 1 aliphatic rings. The molecule has 1 saturated carbocycles. The molecule has 1 atom stereocenters. The van der Waals surface area contributed by atoms with Crippen LogP contribution in [0.25, 0.3) is 0 Å². The molecule has 1 aliphatic carbocycles. The minimum atomic E-state index is -0.926. The first-order chi connectivity index (χ1) is 9.10. The van der Waals surface area contributed by atoms with Crippen LogP contribution in [0.3, 0.4) is 0 Å². The molecular weight excluding hydrogens is 246 g/mol. The molecule has 1 aromatic heterocycles. The van der Waals surface area contributed by atoms with E-state index in [1.165, 1.54) is 18.3 Å². The molecule has 1 fully saturated rings. The highest BCUT2D eigenvalue weighted by atomic mass is 16.4. The zero-order valence-electron chi connectivity index (χ0n) is 10.2. The van der Waals surface area contributed by atoms with Gasteiger partial charge in [0.05, 0.1) is 12.0 Å². The first-order valence-corrected chi connectivity index (χ1v) is 5.99. The first kappa shape index (κ1) is 13.0. The Morgan fingerprint density at radius 1 is 1.53 bits per heavy atom. The number of aromatic nitrogens is 1. The van der Waals surface area contributed by atoms with Gasteiger partial charge in [-0.3, -0.25) is 9.59 Å². The van der Waals surface area contributed by atoms with Gasteiger partial charge in [0.25, 0.3) is 5.91 Å². The Morgan fingerprint density at radius 2 is 2.26 bits per heavy atom. The predicted octanol–water partition coefficient (Wildman–Crippen LogP) is 0.936. The number of nitrogens with one attached hydrogen (secondary N) is 1. The van der Waals surface area contributed by atoms with Crippen LogP contribution in [-0.4, -0.2) is 28.0 Å². The van der Waals surface area contributed by atoms with Crippen LogP contribution < -0.4 is 5.32 Å². The summed E-state index contributed by atoms with van der Waals surface area (Å²) < 4.78 is 0. The molecule has 6 nitrogen and oxygen atoms in total. The molecule has 0 aliphatic heterocycles. The van der Waals surface area contributed by atoms with E-state index in [1.54, 1.807) is 0 Å². The molecular formula is C13H13N3O3. The number of hydrogen-bond donors (Lipinski definition) is 2.